The summed E-state index contributed by atoms with van der Waals surface area (Å²) in [4.78, 5) is 0. The molecule has 0 N–H and O–H groups in total. The van der Waals surface area contributed by atoms with Gasteiger partial charge in [0.1, 0.15) is 0 Å². The van der Waals surface area contributed by atoms with Gasteiger partial charge in [0.05, 0.1) is 0 Å². The van der Waals surface area contributed by atoms with Crippen molar-refractivity contribution in [3.63, 3.8) is 0 Å². The van der Waals surface area contributed by atoms with E-state index in [1.54, 1.807) is 0 Å². The summed E-state index contributed by atoms with van der Waals surface area (Å²) in [5.41, 5.74) is 0. The number of hydrogen-bond donors (Lipinski definition) is 0. The van der Waals surface area contributed by atoms with Crippen LogP contribution in [0, 0.1) is 0 Å². The number of rotatable bonds is 1. The molecule has 0 aromatic rings. The lowest BCUT2D eigenvalue weighted by molar-refractivity contribution is -0.272. The maximum absolute atomic E-state index is 12.4. The van der Waals surface area contributed by atoms with E-state index in [0.717, 1.165) is 0 Å². The molecule has 1 aliphatic carbocycles. The molecule has 0 aromatic heterocycles. The van der Waals surface area contributed by atoms with Gasteiger partial charge in [-0.3, -0.25) is 0 Å². The Labute approximate surface area is 58.4 Å². The van der Waals surface area contributed by atoms with Crippen LogP contribution in [-0.4, -0.2) is 18.9 Å². The quantitative estimate of drug-likeness (QED) is 0.553. The first-order valence-electron chi connectivity index (χ1n) is 2.56. The summed E-state index contributed by atoms with van der Waals surface area (Å²) in [6, 6.07) is 0. The molecule has 0 saturated carbocycles. The number of methoxy groups -OCH3 is 1. The Morgan fingerprint density at radius 1 is 1.09 bits per heavy atom. The van der Waals surface area contributed by atoms with Crippen molar-refractivity contribution in [2.45, 2.75) is 11.8 Å². The smallest absolute Gasteiger partial charge is 0.339 e. The van der Waals surface area contributed by atoms with Crippen LogP contribution < -0.4 is 0 Å². The van der Waals surface area contributed by atoms with Crippen LogP contribution in [-0.2, 0) is 4.74 Å². The van der Waals surface area contributed by atoms with Gasteiger partial charge in [0.15, 0.2) is 0 Å². The molecular weight excluding hydrogens is 171 g/mol. The maximum atomic E-state index is 12.4. The standard InChI is InChI=1S/C5H3F5O/c1-11-5(10)3(7)2(6)4(5,8)9/h1H3. The lowest BCUT2D eigenvalue weighted by Gasteiger charge is -2.36. The second-order valence-corrected chi connectivity index (χ2v) is 2.00. The number of ether oxygens (including phenoxy) is 1. The molecule has 0 aliphatic heterocycles. The molecule has 0 bridgehead atoms. The van der Waals surface area contributed by atoms with Gasteiger partial charge in [-0.25, -0.2) is 8.78 Å². The van der Waals surface area contributed by atoms with Crippen LogP contribution in [0.5, 0.6) is 0 Å². The van der Waals surface area contributed by atoms with Crippen molar-refractivity contribution in [2.24, 2.45) is 0 Å². The highest BCUT2D eigenvalue weighted by Crippen LogP contribution is 2.55. The zero-order valence-corrected chi connectivity index (χ0v) is 5.30. The molecule has 0 amide bonds. The van der Waals surface area contributed by atoms with Gasteiger partial charge in [-0.05, 0) is 0 Å². The Balaban J connectivity index is 3.08. The van der Waals surface area contributed by atoms with Crippen LogP contribution >= 0.6 is 0 Å². The van der Waals surface area contributed by atoms with Crippen molar-refractivity contribution < 1.29 is 26.7 Å². The minimum Gasteiger partial charge on any atom is -0.339 e. The molecule has 0 spiro atoms. The maximum Gasteiger partial charge on any atom is 0.365 e. The second-order valence-electron chi connectivity index (χ2n) is 2.00. The minimum absolute atomic E-state index is 0.528. The molecule has 1 aliphatic rings. The van der Waals surface area contributed by atoms with Crippen LogP contribution in [0.4, 0.5) is 22.0 Å². The van der Waals surface area contributed by atoms with Crippen LogP contribution in [0.3, 0.4) is 0 Å². The fourth-order valence-electron chi connectivity index (χ4n) is 0.713. The van der Waals surface area contributed by atoms with Gasteiger partial charge in [0.2, 0.25) is 11.7 Å². The minimum atomic E-state index is -4.49. The van der Waals surface area contributed by atoms with Gasteiger partial charge in [0, 0.05) is 7.11 Å². The number of hydrogen-bond acceptors (Lipinski definition) is 1. The highest BCUT2D eigenvalue weighted by molar-refractivity contribution is 5.35. The Bertz CT molecular complexity index is 223. The van der Waals surface area contributed by atoms with E-state index < -0.39 is 23.4 Å². The third-order valence-corrected chi connectivity index (χ3v) is 1.44. The topological polar surface area (TPSA) is 9.23 Å². The predicted molar refractivity (Wildman–Crippen MR) is 25.0 cm³/mol. The molecule has 1 rings (SSSR count). The summed E-state index contributed by atoms with van der Waals surface area (Å²) in [5, 5.41) is 0. The molecule has 11 heavy (non-hydrogen) atoms. The van der Waals surface area contributed by atoms with Crippen LogP contribution in [0.15, 0.2) is 11.7 Å². The van der Waals surface area contributed by atoms with Crippen LogP contribution in [0.1, 0.15) is 0 Å². The van der Waals surface area contributed by atoms with E-state index >= 15 is 0 Å². The van der Waals surface area contributed by atoms with E-state index in [9.17, 15) is 22.0 Å². The highest BCUT2D eigenvalue weighted by Gasteiger charge is 2.73. The Morgan fingerprint density at radius 3 is 1.73 bits per heavy atom. The molecule has 1 unspecified atom stereocenters. The fourth-order valence-corrected chi connectivity index (χ4v) is 0.713. The highest BCUT2D eigenvalue weighted by atomic mass is 19.3. The summed E-state index contributed by atoms with van der Waals surface area (Å²) in [6.45, 7) is 0. The van der Waals surface area contributed by atoms with Crippen LogP contribution in [0.25, 0.3) is 0 Å². The number of alkyl halides is 3. The SMILES string of the molecule is COC1(F)C(F)=C(F)C1(F)F. The second kappa shape index (κ2) is 1.94. The molecule has 0 fully saturated rings. The Morgan fingerprint density at radius 2 is 1.55 bits per heavy atom. The molecule has 0 heterocycles. The average molecular weight is 174 g/mol. The van der Waals surface area contributed by atoms with Gasteiger partial charge in [0.25, 0.3) is 0 Å². The summed E-state index contributed by atoms with van der Waals surface area (Å²) < 4.78 is 63.8. The Kier molecular flexibility index (Phi) is 1.49. The van der Waals surface area contributed by atoms with Crippen LogP contribution in [0.2, 0.25) is 0 Å². The van der Waals surface area contributed by atoms with Gasteiger partial charge in [-0.2, -0.15) is 13.2 Å². The Hall–Kier alpha value is -0.650. The van der Waals surface area contributed by atoms with Gasteiger partial charge in [-0.1, -0.05) is 0 Å². The molecule has 0 radical (unpaired) electrons. The zero-order valence-electron chi connectivity index (χ0n) is 5.30. The van der Waals surface area contributed by atoms with Crippen molar-refractivity contribution in [1.82, 2.24) is 0 Å². The fraction of sp³-hybridized carbons (Fsp3) is 0.600. The van der Waals surface area contributed by atoms with Crippen molar-refractivity contribution in [1.29, 1.82) is 0 Å². The van der Waals surface area contributed by atoms with E-state index in [1.165, 1.54) is 0 Å². The predicted octanol–water partition coefficient (Wildman–Crippen LogP) is 2.10. The van der Waals surface area contributed by atoms with Crippen molar-refractivity contribution in [3.05, 3.63) is 11.7 Å². The molecule has 0 saturated heterocycles. The molecule has 0 aromatic carbocycles. The first kappa shape index (κ1) is 8.45. The zero-order chi connectivity index (χ0) is 8.86. The molecule has 6 heteroatoms. The van der Waals surface area contributed by atoms with Gasteiger partial charge < -0.3 is 4.74 Å². The van der Waals surface area contributed by atoms with E-state index in [4.69, 9.17) is 0 Å². The normalized spacial score (nSPS) is 35.5. The third kappa shape index (κ3) is 0.675. The summed E-state index contributed by atoms with van der Waals surface area (Å²) in [5.74, 6) is -13.0. The van der Waals surface area contributed by atoms with E-state index in [1.807, 2.05) is 0 Å². The first-order valence-corrected chi connectivity index (χ1v) is 2.56. The number of halogens is 5. The summed E-state index contributed by atoms with van der Waals surface area (Å²) in [7, 11) is 0.528. The lowest BCUT2D eigenvalue weighted by Crippen LogP contribution is -2.55. The van der Waals surface area contributed by atoms with E-state index in [2.05, 4.69) is 4.74 Å². The molecular formula is C5H3F5O. The van der Waals surface area contributed by atoms with Gasteiger partial charge in [-0.15, -0.1) is 0 Å². The van der Waals surface area contributed by atoms with Crippen molar-refractivity contribution in [2.75, 3.05) is 7.11 Å². The molecule has 1 atom stereocenters. The summed E-state index contributed by atoms with van der Waals surface area (Å²) in [6.07, 6.45) is 0. The summed E-state index contributed by atoms with van der Waals surface area (Å²) >= 11 is 0. The first-order chi connectivity index (χ1) is 4.88. The monoisotopic (exact) mass is 174 g/mol. The van der Waals surface area contributed by atoms with Crippen molar-refractivity contribution >= 4 is 0 Å². The third-order valence-electron chi connectivity index (χ3n) is 1.44. The van der Waals surface area contributed by atoms with Gasteiger partial charge >= 0.3 is 11.8 Å². The van der Waals surface area contributed by atoms with Crippen molar-refractivity contribution in [3.8, 4) is 0 Å². The van der Waals surface area contributed by atoms with E-state index in [-0.39, 0.29) is 0 Å². The average Bonchev–Trinajstić information content (AvgIpc) is 2.00. The molecule has 1 nitrogen and oxygen atoms in total. The lowest BCUT2D eigenvalue weighted by atomic mass is 9.95. The largest absolute Gasteiger partial charge is 0.365 e. The van der Waals surface area contributed by atoms with E-state index in [0.29, 0.717) is 7.11 Å². The molecule has 64 valence electrons.